The van der Waals surface area contributed by atoms with Gasteiger partial charge in [0.2, 0.25) is 5.78 Å². The highest BCUT2D eigenvalue weighted by Crippen LogP contribution is 2.43. The highest BCUT2D eigenvalue weighted by atomic mass is 79.9. The molecule has 1 aromatic carbocycles. The van der Waals surface area contributed by atoms with Gasteiger partial charge in [-0.1, -0.05) is 18.2 Å². The normalized spacial score (nSPS) is 20.0. The molecule has 0 saturated heterocycles. The summed E-state index contributed by atoms with van der Waals surface area (Å²) in [5.74, 6) is -0.850. The maximum atomic E-state index is 12.6. The fourth-order valence-corrected chi connectivity index (χ4v) is 3.37. The predicted molar refractivity (Wildman–Crippen MR) is 91.4 cm³/mol. The van der Waals surface area contributed by atoms with Gasteiger partial charge in [0.1, 0.15) is 0 Å². The second kappa shape index (κ2) is 5.89. The van der Waals surface area contributed by atoms with E-state index in [4.69, 9.17) is 4.42 Å². The molecule has 0 radical (unpaired) electrons. The van der Waals surface area contributed by atoms with Gasteiger partial charge in [0.05, 0.1) is 16.6 Å². The summed E-state index contributed by atoms with van der Waals surface area (Å²) >= 11 is 6.40. The van der Waals surface area contributed by atoms with Gasteiger partial charge in [0, 0.05) is 18.2 Å². The van der Waals surface area contributed by atoms with Gasteiger partial charge in [-0.3, -0.25) is 9.59 Å². The summed E-state index contributed by atoms with van der Waals surface area (Å²) in [6.45, 7) is 2.24. The molecule has 1 aliphatic heterocycles. The van der Waals surface area contributed by atoms with Gasteiger partial charge in [-0.05, 0) is 44.8 Å². The number of fused-ring (bicyclic) bond motifs is 1. The summed E-state index contributed by atoms with van der Waals surface area (Å²) in [5.41, 5.74) is -0.780. The number of rotatable bonds is 4. The first kappa shape index (κ1) is 16.4. The third kappa shape index (κ3) is 2.56. The molecule has 1 amide bonds. The summed E-state index contributed by atoms with van der Waals surface area (Å²) < 4.78 is 6.28. The number of carbonyl (C=O) groups excluding carboxylic acids is 2. The predicted octanol–water partition coefficient (Wildman–Crippen LogP) is 3.63. The lowest BCUT2D eigenvalue weighted by Gasteiger charge is -2.21. The van der Waals surface area contributed by atoms with Crippen molar-refractivity contribution >= 4 is 49.2 Å². The molecule has 0 saturated carbocycles. The molecular formula is C16H13Br2NO4. The van der Waals surface area contributed by atoms with Crippen LogP contribution < -0.4 is 4.90 Å². The lowest BCUT2D eigenvalue weighted by molar-refractivity contribution is -0.135. The molecule has 3 rings (SSSR count). The van der Waals surface area contributed by atoms with Crippen molar-refractivity contribution in [1.29, 1.82) is 0 Å². The van der Waals surface area contributed by atoms with E-state index in [9.17, 15) is 14.7 Å². The number of carbonyl (C=O) groups is 2. The first-order chi connectivity index (χ1) is 10.9. The minimum absolute atomic E-state index is 0.0809. The van der Waals surface area contributed by atoms with E-state index < -0.39 is 17.3 Å². The highest BCUT2D eigenvalue weighted by molar-refractivity contribution is 9.13. The molecule has 1 atom stereocenters. The smallest absolute Gasteiger partial charge is 0.264 e. The SMILES string of the molecule is CCN1C(=O)C(O)(CC(=O)c2cc(Br)c(Br)o2)c2ccccc21. The van der Waals surface area contributed by atoms with Crippen molar-refractivity contribution < 1.29 is 19.1 Å². The fourth-order valence-electron chi connectivity index (χ4n) is 2.79. The molecule has 0 spiro atoms. The van der Waals surface area contributed by atoms with Crippen LogP contribution in [0.15, 0.2) is 43.9 Å². The number of likely N-dealkylation sites (N-methyl/N-ethyl adjacent to an activating group) is 1. The van der Waals surface area contributed by atoms with E-state index in [1.165, 1.54) is 11.0 Å². The van der Waals surface area contributed by atoms with E-state index in [1.807, 2.05) is 6.92 Å². The van der Waals surface area contributed by atoms with Crippen LogP contribution >= 0.6 is 31.9 Å². The lowest BCUT2D eigenvalue weighted by atomic mass is 9.89. The number of Topliss-reactive ketones (excluding diaryl/α,β-unsaturated/α-hetero) is 1. The molecule has 1 N–H and O–H groups in total. The van der Waals surface area contributed by atoms with Gasteiger partial charge in [0.15, 0.2) is 16.0 Å². The molecule has 2 aromatic rings. The summed E-state index contributed by atoms with van der Waals surface area (Å²) in [6, 6.07) is 8.48. The number of furan rings is 1. The Labute approximate surface area is 149 Å². The number of anilines is 1. The van der Waals surface area contributed by atoms with E-state index >= 15 is 0 Å². The Morgan fingerprint density at radius 1 is 1.35 bits per heavy atom. The number of hydrogen-bond acceptors (Lipinski definition) is 4. The number of hydrogen-bond donors (Lipinski definition) is 1. The Balaban J connectivity index is 1.98. The maximum Gasteiger partial charge on any atom is 0.264 e. The zero-order valence-electron chi connectivity index (χ0n) is 12.2. The minimum atomic E-state index is -1.87. The Hall–Kier alpha value is -1.44. The molecule has 1 unspecified atom stereocenters. The van der Waals surface area contributed by atoms with Gasteiger partial charge < -0.3 is 14.4 Å². The Morgan fingerprint density at radius 3 is 2.65 bits per heavy atom. The largest absolute Gasteiger partial charge is 0.445 e. The van der Waals surface area contributed by atoms with E-state index in [0.29, 0.717) is 26.9 Å². The number of ketones is 1. The molecule has 0 bridgehead atoms. The average Bonchev–Trinajstić information content (AvgIpc) is 2.97. The van der Waals surface area contributed by atoms with E-state index in [0.717, 1.165) is 0 Å². The van der Waals surface area contributed by atoms with Crippen LogP contribution in [-0.2, 0) is 10.4 Å². The number of amides is 1. The van der Waals surface area contributed by atoms with Crippen LogP contribution in [0.2, 0.25) is 0 Å². The molecule has 0 fully saturated rings. The van der Waals surface area contributed by atoms with Gasteiger partial charge in [-0.15, -0.1) is 0 Å². The fraction of sp³-hybridized carbons (Fsp3) is 0.250. The van der Waals surface area contributed by atoms with Crippen molar-refractivity contribution in [2.24, 2.45) is 0 Å². The summed E-state index contributed by atoms with van der Waals surface area (Å²) in [6.07, 6.45) is -0.369. The number of para-hydroxylation sites is 1. The van der Waals surface area contributed by atoms with Crippen LogP contribution in [0, 0.1) is 0 Å². The summed E-state index contributed by atoms with van der Waals surface area (Å²) in [4.78, 5) is 26.6. The Bertz CT molecular complexity index is 782. The number of halogens is 2. The highest BCUT2D eigenvalue weighted by Gasteiger charge is 2.50. The zero-order valence-corrected chi connectivity index (χ0v) is 15.3. The van der Waals surface area contributed by atoms with E-state index in [1.54, 1.807) is 24.3 Å². The van der Waals surface area contributed by atoms with Crippen LogP contribution in [0.3, 0.4) is 0 Å². The second-order valence-corrected chi connectivity index (χ2v) is 6.83. The monoisotopic (exact) mass is 441 g/mol. The molecule has 120 valence electrons. The van der Waals surface area contributed by atoms with Gasteiger partial charge in [-0.2, -0.15) is 0 Å². The molecule has 2 heterocycles. The lowest BCUT2D eigenvalue weighted by Crippen LogP contribution is -2.41. The van der Waals surface area contributed by atoms with Crippen LogP contribution in [0.4, 0.5) is 5.69 Å². The quantitative estimate of drug-likeness (QED) is 0.734. The Kier molecular flexibility index (Phi) is 4.20. The third-order valence-corrected chi connectivity index (χ3v) is 5.60. The Morgan fingerprint density at radius 2 is 2.04 bits per heavy atom. The maximum absolute atomic E-state index is 12.6. The van der Waals surface area contributed by atoms with Crippen LogP contribution in [0.1, 0.15) is 29.5 Å². The van der Waals surface area contributed by atoms with Crippen molar-refractivity contribution in [3.63, 3.8) is 0 Å². The van der Waals surface area contributed by atoms with Crippen molar-refractivity contribution in [1.82, 2.24) is 0 Å². The molecule has 1 aliphatic rings. The van der Waals surface area contributed by atoms with Crippen LogP contribution in [0.25, 0.3) is 0 Å². The third-order valence-electron chi connectivity index (χ3n) is 3.89. The van der Waals surface area contributed by atoms with Gasteiger partial charge >= 0.3 is 0 Å². The zero-order chi connectivity index (χ0) is 16.8. The van der Waals surface area contributed by atoms with Crippen molar-refractivity contribution in [2.75, 3.05) is 11.4 Å². The van der Waals surface area contributed by atoms with Crippen molar-refractivity contribution in [2.45, 2.75) is 18.9 Å². The molecule has 1 aromatic heterocycles. The van der Waals surface area contributed by atoms with E-state index in [2.05, 4.69) is 31.9 Å². The molecule has 0 aliphatic carbocycles. The number of aliphatic hydroxyl groups is 1. The van der Waals surface area contributed by atoms with Crippen molar-refractivity contribution in [3.05, 3.63) is 50.8 Å². The number of benzene rings is 1. The minimum Gasteiger partial charge on any atom is -0.445 e. The molecule has 7 heteroatoms. The summed E-state index contributed by atoms with van der Waals surface area (Å²) in [7, 11) is 0. The van der Waals surface area contributed by atoms with Crippen LogP contribution in [0.5, 0.6) is 0 Å². The van der Waals surface area contributed by atoms with Crippen LogP contribution in [-0.4, -0.2) is 23.3 Å². The first-order valence-electron chi connectivity index (χ1n) is 7.00. The second-order valence-electron chi connectivity index (χ2n) is 5.26. The molecule has 5 nitrogen and oxygen atoms in total. The van der Waals surface area contributed by atoms with E-state index in [-0.39, 0.29) is 12.2 Å². The van der Waals surface area contributed by atoms with Gasteiger partial charge in [-0.25, -0.2) is 0 Å². The van der Waals surface area contributed by atoms with Crippen molar-refractivity contribution in [3.8, 4) is 0 Å². The topological polar surface area (TPSA) is 70.8 Å². The standard InChI is InChI=1S/C16H13Br2NO4/c1-2-19-11-6-4-3-5-9(11)16(22,15(19)21)8-12(20)13-7-10(17)14(18)23-13/h3-7,22H,2,8H2,1H3. The first-order valence-corrected chi connectivity index (χ1v) is 8.59. The molecule has 23 heavy (non-hydrogen) atoms. The number of nitrogens with zero attached hydrogens (tertiary/aromatic N) is 1. The summed E-state index contributed by atoms with van der Waals surface area (Å²) in [5, 5.41) is 10.9. The van der Waals surface area contributed by atoms with Gasteiger partial charge in [0.25, 0.3) is 5.91 Å². The molecular weight excluding hydrogens is 430 g/mol. The average molecular weight is 443 g/mol.